The zero-order chi connectivity index (χ0) is 19.7. The fourth-order valence-electron chi connectivity index (χ4n) is 3.27. The minimum atomic E-state index is -0.0756. The van der Waals surface area contributed by atoms with Gasteiger partial charge in [-0.3, -0.25) is 4.79 Å². The average molecular weight is 391 g/mol. The minimum Gasteiger partial charge on any atom is -0.372 e. The molecule has 0 N–H and O–H groups in total. The maximum absolute atomic E-state index is 13.0. The van der Waals surface area contributed by atoms with Crippen LogP contribution in [0.1, 0.15) is 25.0 Å². The topological polar surface area (TPSA) is 50.5 Å². The molecule has 142 valence electrons. The summed E-state index contributed by atoms with van der Waals surface area (Å²) in [6.45, 7) is 8.27. The van der Waals surface area contributed by atoms with E-state index in [0.29, 0.717) is 15.3 Å². The van der Waals surface area contributed by atoms with Crippen LogP contribution in [-0.2, 0) is 0 Å². The van der Waals surface area contributed by atoms with E-state index in [1.54, 1.807) is 4.40 Å². The van der Waals surface area contributed by atoms with Crippen LogP contribution in [-0.4, -0.2) is 27.7 Å². The molecule has 0 unspecified atom stereocenters. The van der Waals surface area contributed by atoms with Gasteiger partial charge in [-0.1, -0.05) is 53.3 Å². The Hall–Kier alpha value is -2.99. The summed E-state index contributed by atoms with van der Waals surface area (Å²) in [7, 11) is 0. The minimum absolute atomic E-state index is 0.0756. The highest BCUT2D eigenvalue weighted by atomic mass is 32.1. The Bertz CT molecular complexity index is 1200. The van der Waals surface area contributed by atoms with Gasteiger partial charge in [0.2, 0.25) is 4.96 Å². The van der Waals surface area contributed by atoms with Crippen LogP contribution in [0.25, 0.3) is 22.4 Å². The van der Waals surface area contributed by atoms with E-state index in [4.69, 9.17) is 0 Å². The molecule has 4 rings (SSSR count). The number of hydrogen-bond donors (Lipinski definition) is 0. The summed E-state index contributed by atoms with van der Waals surface area (Å²) in [5.41, 5.74) is 4.18. The summed E-state index contributed by atoms with van der Waals surface area (Å²) in [5.74, 6) is 0.591. The first-order valence-electron chi connectivity index (χ1n) is 9.42. The van der Waals surface area contributed by atoms with E-state index in [1.807, 2.05) is 37.3 Å². The van der Waals surface area contributed by atoms with Crippen molar-refractivity contribution in [3.05, 3.63) is 74.5 Å². The molecule has 2 heterocycles. The molecule has 0 aliphatic heterocycles. The van der Waals surface area contributed by atoms with Gasteiger partial charge in [-0.05, 0) is 44.5 Å². The lowest BCUT2D eigenvalue weighted by molar-refractivity contribution is 0.866. The van der Waals surface area contributed by atoms with Gasteiger partial charge in [-0.25, -0.2) is 4.40 Å². The quantitative estimate of drug-likeness (QED) is 0.523. The lowest BCUT2D eigenvalue weighted by Crippen LogP contribution is -2.23. The molecule has 0 aliphatic rings. The van der Waals surface area contributed by atoms with E-state index < -0.39 is 0 Å². The molecule has 0 aliphatic carbocycles. The predicted molar refractivity (Wildman–Crippen MR) is 116 cm³/mol. The first-order chi connectivity index (χ1) is 13.6. The molecule has 0 saturated carbocycles. The Labute approximate surface area is 167 Å². The van der Waals surface area contributed by atoms with Gasteiger partial charge in [0.05, 0.1) is 4.53 Å². The maximum atomic E-state index is 13.0. The molecule has 5 nitrogen and oxygen atoms in total. The number of fused-ring (bicyclic) bond motifs is 1. The third-order valence-corrected chi connectivity index (χ3v) is 5.84. The number of nitrogens with zero attached hydrogens (tertiary/aromatic N) is 4. The second-order valence-corrected chi connectivity index (χ2v) is 7.70. The first kappa shape index (κ1) is 18.4. The van der Waals surface area contributed by atoms with Gasteiger partial charge < -0.3 is 4.90 Å². The number of hydrogen-bond acceptors (Lipinski definition) is 5. The molecule has 2 aromatic carbocycles. The maximum Gasteiger partial charge on any atom is 0.276 e. The lowest BCUT2D eigenvalue weighted by Gasteiger charge is -2.20. The van der Waals surface area contributed by atoms with Crippen molar-refractivity contribution in [3.8, 4) is 11.4 Å². The van der Waals surface area contributed by atoms with E-state index in [2.05, 4.69) is 53.2 Å². The monoisotopic (exact) mass is 390 g/mol. The third kappa shape index (κ3) is 3.31. The van der Waals surface area contributed by atoms with E-state index in [-0.39, 0.29) is 5.56 Å². The molecule has 0 amide bonds. The van der Waals surface area contributed by atoms with E-state index in [1.165, 1.54) is 22.6 Å². The van der Waals surface area contributed by atoms with Crippen molar-refractivity contribution in [2.24, 2.45) is 0 Å². The molecule has 2 aromatic heterocycles. The molecule has 0 atom stereocenters. The van der Waals surface area contributed by atoms with Gasteiger partial charge in [-0.15, -0.1) is 10.2 Å². The van der Waals surface area contributed by atoms with Crippen LogP contribution in [0.3, 0.4) is 0 Å². The fraction of sp³-hybridized carbons (Fsp3) is 0.227. The molecule has 0 spiro atoms. The molecular formula is C22H22N4OS. The van der Waals surface area contributed by atoms with Crippen LogP contribution in [0, 0.1) is 6.92 Å². The summed E-state index contributed by atoms with van der Waals surface area (Å²) >= 11 is 1.37. The molecule has 4 aromatic rings. The highest BCUT2D eigenvalue weighted by Crippen LogP contribution is 2.19. The molecule has 0 radical (unpaired) electrons. The third-order valence-electron chi connectivity index (χ3n) is 4.88. The zero-order valence-electron chi connectivity index (χ0n) is 16.2. The zero-order valence-corrected chi connectivity index (χ0v) is 17.0. The average Bonchev–Trinajstić information content (AvgIpc) is 3.25. The van der Waals surface area contributed by atoms with Crippen LogP contribution in [0.2, 0.25) is 0 Å². The summed E-state index contributed by atoms with van der Waals surface area (Å²) in [6.07, 6.45) is 1.92. The van der Waals surface area contributed by atoms with Gasteiger partial charge in [0.15, 0.2) is 5.82 Å². The summed E-state index contributed by atoms with van der Waals surface area (Å²) in [5, 5.41) is 8.42. The molecular weight excluding hydrogens is 368 g/mol. The van der Waals surface area contributed by atoms with Crippen molar-refractivity contribution in [2.45, 2.75) is 20.8 Å². The van der Waals surface area contributed by atoms with Crippen molar-refractivity contribution in [2.75, 3.05) is 18.0 Å². The smallest absolute Gasteiger partial charge is 0.276 e. The van der Waals surface area contributed by atoms with Gasteiger partial charge in [0.1, 0.15) is 0 Å². The normalized spacial score (nSPS) is 12.0. The fourth-order valence-corrected chi connectivity index (χ4v) is 4.19. The molecule has 6 heteroatoms. The van der Waals surface area contributed by atoms with E-state index in [9.17, 15) is 4.79 Å². The van der Waals surface area contributed by atoms with E-state index in [0.717, 1.165) is 24.2 Å². The molecule has 0 bridgehead atoms. The first-order valence-corrected chi connectivity index (χ1v) is 10.2. The number of aryl methyl sites for hydroxylation is 1. The Morgan fingerprint density at radius 3 is 2.32 bits per heavy atom. The van der Waals surface area contributed by atoms with Gasteiger partial charge in [0, 0.05) is 24.3 Å². The van der Waals surface area contributed by atoms with Crippen LogP contribution in [0.5, 0.6) is 0 Å². The molecule has 0 saturated heterocycles. The Morgan fingerprint density at radius 2 is 1.68 bits per heavy atom. The lowest BCUT2D eigenvalue weighted by atomic mass is 10.1. The van der Waals surface area contributed by atoms with Crippen LogP contribution in [0.15, 0.2) is 53.3 Å². The van der Waals surface area contributed by atoms with Crippen LogP contribution < -0.4 is 15.0 Å². The van der Waals surface area contributed by atoms with Crippen molar-refractivity contribution in [3.63, 3.8) is 0 Å². The highest BCUT2D eigenvalue weighted by molar-refractivity contribution is 7.15. The Morgan fingerprint density at radius 1 is 1.00 bits per heavy atom. The van der Waals surface area contributed by atoms with Crippen molar-refractivity contribution in [1.29, 1.82) is 0 Å². The number of benzene rings is 2. The predicted octanol–water partition coefficient (Wildman–Crippen LogP) is 3.52. The van der Waals surface area contributed by atoms with Gasteiger partial charge in [-0.2, -0.15) is 0 Å². The summed E-state index contributed by atoms with van der Waals surface area (Å²) in [4.78, 5) is 15.9. The standard InChI is InChI=1S/C22H22N4OS/c1-4-25(5-2)18-12-8-16(9-13-18)14-19-21(27)26-20(23-24-22(26)28-19)17-10-6-15(3)7-11-17/h6-14H,4-5H2,1-3H3/b19-14-. The number of anilines is 1. The second-order valence-electron chi connectivity index (χ2n) is 6.69. The molecule has 0 fully saturated rings. The molecule has 28 heavy (non-hydrogen) atoms. The van der Waals surface area contributed by atoms with Crippen LogP contribution >= 0.6 is 11.3 Å². The summed E-state index contributed by atoms with van der Waals surface area (Å²) < 4.78 is 2.26. The largest absolute Gasteiger partial charge is 0.372 e. The second kappa shape index (κ2) is 7.56. The van der Waals surface area contributed by atoms with Crippen LogP contribution in [0.4, 0.5) is 5.69 Å². The van der Waals surface area contributed by atoms with E-state index >= 15 is 0 Å². The Balaban J connectivity index is 1.75. The number of rotatable bonds is 5. The Kier molecular flexibility index (Phi) is 4.96. The van der Waals surface area contributed by atoms with Gasteiger partial charge in [0.25, 0.3) is 5.56 Å². The van der Waals surface area contributed by atoms with Crippen molar-refractivity contribution in [1.82, 2.24) is 14.6 Å². The number of thiazole rings is 1. The number of aromatic nitrogens is 3. The van der Waals surface area contributed by atoms with Crippen molar-refractivity contribution >= 4 is 28.1 Å². The van der Waals surface area contributed by atoms with Crippen molar-refractivity contribution < 1.29 is 0 Å². The highest BCUT2D eigenvalue weighted by Gasteiger charge is 2.14. The summed E-state index contributed by atoms with van der Waals surface area (Å²) in [6, 6.07) is 16.3. The van der Waals surface area contributed by atoms with Gasteiger partial charge >= 0.3 is 0 Å². The SMILES string of the molecule is CCN(CC)c1ccc(/C=c2\sc3nnc(-c4ccc(C)cc4)n3c2=O)cc1.